The lowest BCUT2D eigenvalue weighted by atomic mass is 10.0. The molecule has 4 aromatic carbocycles. The highest BCUT2D eigenvalue weighted by molar-refractivity contribution is 6.55. The fraction of sp³-hybridized carbons (Fsp3) is 0.316. The summed E-state index contributed by atoms with van der Waals surface area (Å²) in [5.41, 5.74) is 15.5. The van der Waals surface area contributed by atoms with Crippen molar-refractivity contribution < 1.29 is 45.0 Å². The summed E-state index contributed by atoms with van der Waals surface area (Å²) in [6.45, 7) is 12.4. The van der Waals surface area contributed by atoms with Crippen LogP contribution in [0.1, 0.15) is 62.3 Å². The van der Waals surface area contributed by atoms with E-state index in [2.05, 4.69) is 10.6 Å². The molecule has 54 heavy (non-hydrogen) atoms. The third-order valence-electron chi connectivity index (χ3n) is 7.54. The van der Waals surface area contributed by atoms with E-state index in [4.69, 9.17) is 46.9 Å². The minimum absolute atomic E-state index is 0.239. The van der Waals surface area contributed by atoms with Crippen molar-refractivity contribution in [1.29, 1.82) is 0 Å². The van der Waals surface area contributed by atoms with Gasteiger partial charge in [-0.1, -0.05) is 12.1 Å². The minimum atomic E-state index is -3.75. The Morgan fingerprint density at radius 3 is 1.06 bits per heavy atom. The molecule has 0 aliphatic carbocycles. The molecule has 0 bridgehead atoms. The van der Waals surface area contributed by atoms with E-state index in [0.29, 0.717) is 45.0 Å². The van der Waals surface area contributed by atoms with Gasteiger partial charge in [0.1, 0.15) is 11.5 Å². The number of hydrogen-bond donors (Lipinski definition) is 4. The van der Waals surface area contributed by atoms with Crippen molar-refractivity contribution in [2.24, 2.45) is 0 Å². The van der Waals surface area contributed by atoms with Gasteiger partial charge in [0, 0.05) is 62.1 Å². The van der Waals surface area contributed by atoms with Gasteiger partial charge in [0.05, 0.1) is 11.4 Å². The largest absolute Gasteiger partial charge is 0.749 e. The van der Waals surface area contributed by atoms with E-state index < -0.39 is 18.1 Å². The van der Waals surface area contributed by atoms with Gasteiger partial charge in [0.15, 0.2) is 0 Å². The Hall–Kier alpha value is -4.79. The van der Waals surface area contributed by atoms with Crippen molar-refractivity contribution in [2.75, 3.05) is 61.7 Å². The van der Waals surface area contributed by atoms with Crippen LogP contribution in [-0.2, 0) is 26.6 Å². The Bertz CT molecular complexity index is 1660. The number of anilines is 4. The number of hydrogen-bond acceptors (Lipinski definition) is 12. The summed E-state index contributed by atoms with van der Waals surface area (Å²) >= 11 is 0. The maximum atomic E-state index is 13.4. The van der Waals surface area contributed by atoms with E-state index in [1.54, 1.807) is 84.9 Å². The molecule has 0 fully saturated rings. The quantitative estimate of drug-likeness (QED) is 0.0509. The highest BCUT2D eigenvalue weighted by Gasteiger charge is 2.49. The molecule has 0 aliphatic heterocycles. The van der Waals surface area contributed by atoms with Crippen LogP contribution in [0.5, 0.6) is 11.5 Å². The van der Waals surface area contributed by atoms with Gasteiger partial charge in [-0.25, -0.2) is 0 Å². The molecular formula is C38H50N4O10Si2. The lowest BCUT2D eigenvalue weighted by Crippen LogP contribution is -2.52. The molecule has 4 rings (SSSR count). The van der Waals surface area contributed by atoms with E-state index in [-0.39, 0.29) is 63.0 Å². The van der Waals surface area contributed by atoms with Crippen LogP contribution in [0.3, 0.4) is 0 Å². The van der Waals surface area contributed by atoms with Crippen molar-refractivity contribution >= 4 is 52.7 Å². The number of benzene rings is 4. The lowest BCUT2D eigenvalue weighted by Gasteiger charge is -2.29. The third kappa shape index (κ3) is 11.1. The van der Waals surface area contributed by atoms with Crippen LogP contribution in [0.25, 0.3) is 11.1 Å². The predicted octanol–water partition coefficient (Wildman–Crippen LogP) is 6.87. The first-order chi connectivity index (χ1) is 26.0. The number of carbonyl (C=O) groups excluding carboxylic acids is 2. The summed E-state index contributed by atoms with van der Waals surface area (Å²) in [7, 11) is -7.51. The number of carbonyl (C=O) groups is 2. The molecular weight excluding hydrogens is 729 g/mol. The van der Waals surface area contributed by atoms with Crippen LogP contribution in [0.4, 0.5) is 22.7 Å². The molecule has 16 heteroatoms. The Morgan fingerprint density at radius 1 is 0.481 bits per heavy atom. The maximum absolute atomic E-state index is 13.4. The van der Waals surface area contributed by atoms with Gasteiger partial charge >= 0.3 is 18.1 Å². The smallest absolute Gasteiger partial charge is 0.478 e. The van der Waals surface area contributed by atoms with Crippen molar-refractivity contribution in [3.8, 4) is 22.6 Å². The third-order valence-corrected chi connectivity index (χ3v) is 12.3. The average Bonchev–Trinajstić information content (AvgIpc) is 3.14. The monoisotopic (exact) mass is 778 g/mol. The van der Waals surface area contributed by atoms with Gasteiger partial charge in [-0.15, -0.1) is 0 Å². The van der Waals surface area contributed by atoms with Crippen molar-refractivity contribution in [1.82, 2.24) is 0 Å². The van der Waals surface area contributed by atoms with E-state index in [0.717, 1.165) is 0 Å². The van der Waals surface area contributed by atoms with Gasteiger partial charge in [-0.3, -0.25) is 9.59 Å². The average molecular weight is 779 g/mol. The van der Waals surface area contributed by atoms with Gasteiger partial charge in [-0.05, 0) is 125 Å². The summed E-state index contributed by atoms with van der Waals surface area (Å²) < 4.78 is 49.0. The Morgan fingerprint density at radius 2 is 0.778 bits per heavy atom. The van der Waals surface area contributed by atoms with E-state index >= 15 is 0 Å². The van der Waals surface area contributed by atoms with Crippen LogP contribution in [0, 0.1) is 0 Å². The van der Waals surface area contributed by atoms with E-state index in [1.807, 2.05) is 41.5 Å². The SMILES string of the molecule is CCO[Si](OCC)(OCC)Oc1cc(-c2ccc(NC(=O)c3ccc(N)cc3)c(O[Si](OCC)(OCC)OCC)c2)ccc1NC(=O)c1ccc(N)cc1. The summed E-state index contributed by atoms with van der Waals surface area (Å²) in [5.74, 6) is -0.290. The summed E-state index contributed by atoms with van der Waals surface area (Å²) in [6.07, 6.45) is 0. The summed E-state index contributed by atoms with van der Waals surface area (Å²) in [6, 6.07) is 23.6. The minimum Gasteiger partial charge on any atom is -0.478 e. The number of amides is 2. The topological polar surface area (TPSA) is 184 Å². The molecule has 14 nitrogen and oxygen atoms in total. The zero-order valence-corrected chi connectivity index (χ0v) is 33.6. The molecule has 2 amide bonds. The second kappa shape index (κ2) is 20.1. The van der Waals surface area contributed by atoms with Crippen LogP contribution >= 0.6 is 0 Å². The molecule has 290 valence electrons. The molecule has 0 atom stereocenters. The first-order valence-corrected chi connectivity index (χ1v) is 21.1. The Kier molecular flexibility index (Phi) is 15.6. The van der Waals surface area contributed by atoms with Crippen LogP contribution in [-0.4, -0.2) is 69.6 Å². The summed E-state index contributed by atoms with van der Waals surface area (Å²) in [4.78, 5) is 26.8. The first-order valence-electron chi connectivity index (χ1n) is 17.9. The van der Waals surface area contributed by atoms with Crippen molar-refractivity contribution in [2.45, 2.75) is 41.5 Å². The molecule has 0 aliphatic rings. The standard InChI is InChI=1S/C38H50N4O10Si2/c1-7-45-53(46-8-2,47-9-3)51-35-25-29(17-23-33(35)41-37(43)27-13-19-31(39)20-14-27)30-18-24-34(42-38(44)28-15-21-32(40)22-16-28)36(26-30)52-54(48-10-4,49-11-5)50-12-6/h13-26H,7-12,39-40H2,1-6H3,(H,41,43)(H,42,44). The van der Waals surface area contributed by atoms with E-state index in [1.165, 1.54) is 0 Å². The highest BCUT2D eigenvalue weighted by Crippen LogP contribution is 2.38. The fourth-order valence-corrected chi connectivity index (χ4v) is 9.05. The Balaban J connectivity index is 1.84. The normalized spacial score (nSPS) is 11.6. The zero-order chi connectivity index (χ0) is 39.1. The second-order valence-corrected chi connectivity index (χ2v) is 15.5. The van der Waals surface area contributed by atoms with Crippen LogP contribution in [0.15, 0.2) is 84.9 Å². The van der Waals surface area contributed by atoms with Gasteiger partial charge in [0.25, 0.3) is 11.8 Å². The molecule has 4 aromatic rings. The number of rotatable bonds is 21. The fourth-order valence-electron chi connectivity index (χ4n) is 5.19. The van der Waals surface area contributed by atoms with E-state index in [9.17, 15) is 9.59 Å². The molecule has 0 aromatic heterocycles. The maximum Gasteiger partial charge on any atom is 0.749 e. The molecule has 0 radical (unpaired) electrons. The van der Waals surface area contributed by atoms with Gasteiger partial charge in [0.2, 0.25) is 0 Å². The van der Waals surface area contributed by atoms with Gasteiger partial charge in [-0.2, -0.15) is 0 Å². The number of nitrogens with one attached hydrogen (secondary N) is 2. The van der Waals surface area contributed by atoms with Crippen LogP contribution in [0.2, 0.25) is 0 Å². The molecule has 6 N–H and O–H groups in total. The highest BCUT2D eigenvalue weighted by atomic mass is 28.4. The van der Waals surface area contributed by atoms with Crippen molar-refractivity contribution in [3.05, 3.63) is 96.1 Å². The van der Waals surface area contributed by atoms with Gasteiger partial charge < -0.3 is 57.5 Å². The zero-order valence-electron chi connectivity index (χ0n) is 31.6. The molecule has 0 heterocycles. The predicted molar refractivity (Wildman–Crippen MR) is 212 cm³/mol. The lowest BCUT2D eigenvalue weighted by molar-refractivity contribution is 0.00885. The number of nitrogen functional groups attached to an aromatic ring is 2. The second-order valence-electron chi connectivity index (χ2n) is 11.4. The van der Waals surface area contributed by atoms with Crippen LogP contribution < -0.4 is 31.0 Å². The molecule has 0 spiro atoms. The Labute approximate surface area is 318 Å². The van der Waals surface area contributed by atoms with Crippen molar-refractivity contribution in [3.63, 3.8) is 0 Å². The molecule has 0 saturated carbocycles. The molecule has 0 unspecified atom stereocenters. The summed E-state index contributed by atoms with van der Waals surface area (Å²) in [5, 5.41) is 5.87. The molecule has 0 saturated heterocycles. The number of nitrogens with two attached hydrogens (primary N) is 2. The first kappa shape index (κ1) is 42.0.